The standard InChI is InChI=1S/C23H28BrNO3/c1-23(2,3)28-22(26)25(19-10-7-11-19)15-18-12-13-20(14-21(18)24)27-16-17-8-5-4-6-9-17/h4-6,8-9,12-14,19H,7,10-11,15-16H2,1-3H3. The van der Waals surface area contributed by atoms with E-state index in [2.05, 4.69) is 15.9 Å². The lowest BCUT2D eigenvalue weighted by Gasteiger charge is -2.38. The summed E-state index contributed by atoms with van der Waals surface area (Å²) in [5.41, 5.74) is 1.68. The highest BCUT2D eigenvalue weighted by atomic mass is 79.9. The third-order valence-electron chi connectivity index (χ3n) is 4.76. The summed E-state index contributed by atoms with van der Waals surface area (Å²) < 4.78 is 12.5. The van der Waals surface area contributed by atoms with Crippen molar-refractivity contribution in [3.63, 3.8) is 0 Å². The third-order valence-corrected chi connectivity index (χ3v) is 5.50. The molecule has 0 spiro atoms. The van der Waals surface area contributed by atoms with E-state index in [1.165, 1.54) is 0 Å². The van der Waals surface area contributed by atoms with Crippen molar-refractivity contribution in [2.75, 3.05) is 0 Å². The minimum atomic E-state index is -0.495. The summed E-state index contributed by atoms with van der Waals surface area (Å²) in [5.74, 6) is 0.798. The molecule has 0 bridgehead atoms. The van der Waals surface area contributed by atoms with Crippen LogP contribution in [0, 0.1) is 0 Å². The Morgan fingerprint density at radius 1 is 1.14 bits per heavy atom. The van der Waals surface area contributed by atoms with E-state index in [9.17, 15) is 4.79 Å². The van der Waals surface area contributed by atoms with Gasteiger partial charge in [0.05, 0.1) is 6.54 Å². The maximum Gasteiger partial charge on any atom is 0.410 e. The van der Waals surface area contributed by atoms with Crippen LogP contribution >= 0.6 is 15.9 Å². The topological polar surface area (TPSA) is 38.8 Å². The average molecular weight is 446 g/mol. The molecule has 0 atom stereocenters. The van der Waals surface area contributed by atoms with E-state index < -0.39 is 5.60 Å². The first kappa shape index (κ1) is 20.7. The Bertz CT molecular complexity index is 797. The highest BCUT2D eigenvalue weighted by Gasteiger charge is 2.32. The largest absolute Gasteiger partial charge is 0.489 e. The Balaban J connectivity index is 1.66. The van der Waals surface area contributed by atoms with Gasteiger partial charge in [-0.3, -0.25) is 0 Å². The van der Waals surface area contributed by atoms with E-state index >= 15 is 0 Å². The predicted molar refractivity (Wildman–Crippen MR) is 114 cm³/mol. The van der Waals surface area contributed by atoms with Gasteiger partial charge in [-0.25, -0.2) is 4.79 Å². The van der Waals surface area contributed by atoms with Gasteiger partial charge in [0.2, 0.25) is 0 Å². The average Bonchev–Trinajstić information content (AvgIpc) is 2.59. The lowest BCUT2D eigenvalue weighted by atomic mass is 9.91. The maximum atomic E-state index is 12.7. The number of amides is 1. The molecule has 28 heavy (non-hydrogen) atoms. The molecule has 0 heterocycles. The lowest BCUT2D eigenvalue weighted by Crippen LogP contribution is -2.46. The summed E-state index contributed by atoms with van der Waals surface area (Å²) in [4.78, 5) is 14.6. The summed E-state index contributed by atoms with van der Waals surface area (Å²) in [5, 5.41) is 0. The molecule has 0 aromatic heterocycles. The molecule has 0 radical (unpaired) electrons. The number of carbonyl (C=O) groups excluding carboxylic acids is 1. The number of hydrogen-bond donors (Lipinski definition) is 0. The van der Waals surface area contributed by atoms with Gasteiger partial charge in [-0.2, -0.15) is 0 Å². The molecule has 2 aromatic carbocycles. The monoisotopic (exact) mass is 445 g/mol. The zero-order valence-electron chi connectivity index (χ0n) is 16.8. The van der Waals surface area contributed by atoms with Crippen LogP contribution in [0.5, 0.6) is 5.75 Å². The minimum absolute atomic E-state index is 0.242. The molecular weight excluding hydrogens is 418 g/mol. The van der Waals surface area contributed by atoms with Crippen LogP contribution in [0.1, 0.15) is 51.2 Å². The molecule has 3 rings (SSSR count). The van der Waals surface area contributed by atoms with Crippen LogP contribution in [-0.2, 0) is 17.9 Å². The van der Waals surface area contributed by atoms with Gasteiger partial charge in [0.15, 0.2) is 0 Å². The molecule has 150 valence electrons. The molecule has 0 saturated heterocycles. The molecule has 1 aliphatic carbocycles. The van der Waals surface area contributed by atoms with Gasteiger partial charge in [0.25, 0.3) is 0 Å². The van der Waals surface area contributed by atoms with Crippen molar-refractivity contribution in [1.29, 1.82) is 0 Å². The molecule has 0 unspecified atom stereocenters. The van der Waals surface area contributed by atoms with E-state index in [1.54, 1.807) is 0 Å². The van der Waals surface area contributed by atoms with Gasteiger partial charge in [-0.15, -0.1) is 0 Å². The number of rotatable bonds is 6. The number of hydrogen-bond acceptors (Lipinski definition) is 3. The Morgan fingerprint density at radius 2 is 1.86 bits per heavy atom. The highest BCUT2D eigenvalue weighted by molar-refractivity contribution is 9.10. The van der Waals surface area contributed by atoms with Crippen LogP contribution in [0.4, 0.5) is 4.79 Å². The zero-order valence-corrected chi connectivity index (χ0v) is 18.4. The number of benzene rings is 2. The zero-order chi connectivity index (χ0) is 20.1. The van der Waals surface area contributed by atoms with Gasteiger partial charge >= 0.3 is 6.09 Å². The first-order valence-corrected chi connectivity index (χ1v) is 10.6. The quantitative estimate of drug-likeness (QED) is 0.522. The van der Waals surface area contributed by atoms with Crippen molar-refractivity contribution >= 4 is 22.0 Å². The molecule has 1 aliphatic rings. The van der Waals surface area contributed by atoms with Gasteiger partial charge < -0.3 is 14.4 Å². The lowest BCUT2D eigenvalue weighted by molar-refractivity contribution is 0.00456. The second-order valence-corrected chi connectivity index (χ2v) is 9.07. The number of ether oxygens (including phenoxy) is 2. The molecule has 0 aliphatic heterocycles. The van der Waals surface area contributed by atoms with E-state index in [1.807, 2.05) is 74.2 Å². The summed E-state index contributed by atoms with van der Waals surface area (Å²) >= 11 is 3.64. The van der Waals surface area contributed by atoms with Crippen LogP contribution in [0.25, 0.3) is 0 Å². The summed E-state index contributed by atoms with van der Waals surface area (Å²) in [6.45, 7) is 6.76. The van der Waals surface area contributed by atoms with Crippen molar-refractivity contribution in [2.45, 2.75) is 64.8 Å². The maximum absolute atomic E-state index is 12.7. The van der Waals surface area contributed by atoms with Crippen LogP contribution in [0.15, 0.2) is 53.0 Å². The normalized spacial score (nSPS) is 14.3. The second-order valence-electron chi connectivity index (χ2n) is 8.22. The fraction of sp³-hybridized carbons (Fsp3) is 0.435. The van der Waals surface area contributed by atoms with Gasteiger partial charge in [0.1, 0.15) is 18.0 Å². The summed E-state index contributed by atoms with van der Waals surface area (Å²) in [6, 6.07) is 16.3. The minimum Gasteiger partial charge on any atom is -0.489 e. The van der Waals surface area contributed by atoms with Crippen LogP contribution in [0.3, 0.4) is 0 Å². The molecule has 1 fully saturated rings. The van der Waals surface area contributed by atoms with Crippen molar-refractivity contribution in [3.8, 4) is 5.75 Å². The van der Waals surface area contributed by atoms with Crippen LogP contribution in [-0.4, -0.2) is 22.6 Å². The van der Waals surface area contributed by atoms with Crippen molar-refractivity contribution in [1.82, 2.24) is 4.90 Å². The van der Waals surface area contributed by atoms with E-state index in [-0.39, 0.29) is 12.1 Å². The van der Waals surface area contributed by atoms with Gasteiger partial charge in [-0.05, 0) is 63.3 Å². The van der Waals surface area contributed by atoms with Crippen LogP contribution < -0.4 is 4.74 Å². The number of carbonyl (C=O) groups is 1. The summed E-state index contributed by atoms with van der Waals surface area (Å²) in [6.07, 6.45) is 3.00. The number of halogens is 1. The van der Waals surface area contributed by atoms with E-state index in [0.717, 1.165) is 40.6 Å². The van der Waals surface area contributed by atoms with Crippen LogP contribution in [0.2, 0.25) is 0 Å². The molecule has 1 saturated carbocycles. The molecular formula is C23H28BrNO3. The first-order chi connectivity index (χ1) is 13.3. The van der Waals surface area contributed by atoms with Crippen molar-refractivity contribution in [2.24, 2.45) is 0 Å². The molecule has 5 heteroatoms. The second kappa shape index (κ2) is 8.99. The van der Waals surface area contributed by atoms with E-state index in [4.69, 9.17) is 9.47 Å². The third kappa shape index (κ3) is 5.74. The smallest absolute Gasteiger partial charge is 0.410 e. The Morgan fingerprint density at radius 3 is 2.43 bits per heavy atom. The van der Waals surface area contributed by atoms with Gasteiger partial charge in [-0.1, -0.05) is 52.3 Å². The molecule has 4 nitrogen and oxygen atoms in total. The Kier molecular flexibility index (Phi) is 6.65. The fourth-order valence-electron chi connectivity index (χ4n) is 3.03. The summed E-state index contributed by atoms with van der Waals surface area (Å²) in [7, 11) is 0. The highest BCUT2D eigenvalue weighted by Crippen LogP contribution is 2.31. The fourth-order valence-corrected chi connectivity index (χ4v) is 3.52. The number of nitrogens with zero attached hydrogens (tertiary/aromatic N) is 1. The van der Waals surface area contributed by atoms with Crippen molar-refractivity contribution < 1.29 is 14.3 Å². The Labute approximate surface area is 176 Å². The molecule has 2 aromatic rings. The Hall–Kier alpha value is -2.01. The molecule has 0 N–H and O–H groups in total. The first-order valence-electron chi connectivity index (χ1n) is 9.76. The molecule has 1 amide bonds. The van der Waals surface area contributed by atoms with Crippen molar-refractivity contribution in [3.05, 3.63) is 64.1 Å². The van der Waals surface area contributed by atoms with Gasteiger partial charge in [0, 0.05) is 10.5 Å². The predicted octanol–water partition coefficient (Wildman–Crippen LogP) is 6.32. The SMILES string of the molecule is CC(C)(C)OC(=O)N(Cc1ccc(OCc2ccccc2)cc1Br)C1CCC1. The van der Waals surface area contributed by atoms with E-state index in [0.29, 0.717) is 13.2 Å².